The molecule has 1 aromatic carbocycles. The molecule has 1 aliphatic carbocycles. The van der Waals surface area contributed by atoms with Crippen LogP contribution in [0.15, 0.2) is 29.4 Å². The summed E-state index contributed by atoms with van der Waals surface area (Å²) in [4.78, 5) is 4.78. The van der Waals surface area contributed by atoms with Crippen LogP contribution in [0.4, 0.5) is 0 Å². The molecule has 0 saturated carbocycles. The zero-order valence-corrected chi connectivity index (χ0v) is 14.8. The van der Waals surface area contributed by atoms with E-state index in [1.807, 2.05) is 0 Å². The van der Waals surface area contributed by atoms with Crippen molar-refractivity contribution in [2.45, 2.75) is 38.1 Å². The van der Waals surface area contributed by atoms with Crippen molar-refractivity contribution >= 4 is 38.7 Å². The maximum absolute atomic E-state index is 10.8. The van der Waals surface area contributed by atoms with Crippen LogP contribution >= 0.6 is 11.6 Å². The fraction of sp³-hybridized carbons (Fsp3) is 0.375. The predicted octanol–water partition coefficient (Wildman–Crippen LogP) is 3.44. The van der Waals surface area contributed by atoms with E-state index in [1.54, 1.807) is 12.1 Å². The van der Waals surface area contributed by atoms with Gasteiger partial charge in [0.05, 0.1) is 16.3 Å². The maximum atomic E-state index is 10.8. The highest BCUT2D eigenvalue weighted by atomic mass is 35.5. The Hall–Kier alpha value is -1.90. The van der Waals surface area contributed by atoms with Gasteiger partial charge in [0.1, 0.15) is 11.3 Å². The molecule has 9 heteroatoms. The van der Waals surface area contributed by atoms with Gasteiger partial charge in [-0.15, -0.1) is 0 Å². The zero-order valence-electron chi connectivity index (χ0n) is 13.2. The van der Waals surface area contributed by atoms with Gasteiger partial charge in [0, 0.05) is 24.4 Å². The first-order valence-corrected chi connectivity index (χ1v) is 9.75. The first kappa shape index (κ1) is 16.6. The van der Waals surface area contributed by atoms with E-state index in [4.69, 9.17) is 21.1 Å². The highest BCUT2D eigenvalue weighted by Crippen LogP contribution is 2.37. The Bertz CT molecular complexity index is 1010. The van der Waals surface area contributed by atoms with Crippen LogP contribution in [0, 0.1) is 0 Å². The van der Waals surface area contributed by atoms with Gasteiger partial charge in [-0.2, -0.15) is 8.42 Å². The van der Waals surface area contributed by atoms with E-state index >= 15 is 0 Å². The third-order valence-corrected chi connectivity index (χ3v) is 5.20. The van der Waals surface area contributed by atoms with E-state index in [-0.39, 0.29) is 0 Å². The summed E-state index contributed by atoms with van der Waals surface area (Å²) in [6, 6.07) is 3.49. The minimum atomic E-state index is -4.63. The molecule has 132 valence electrons. The van der Waals surface area contributed by atoms with Crippen LogP contribution in [0.25, 0.3) is 11.0 Å². The molecule has 25 heavy (non-hydrogen) atoms. The monoisotopic (exact) mass is 381 g/mol. The van der Waals surface area contributed by atoms with Gasteiger partial charge in [-0.25, -0.2) is 9.27 Å². The number of allylic oxidation sites excluding steroid dienone is 2. The molecule has 1 unspecified atom stereocenters. The lowest BCUT2D eigenvalue weighted by Crippen LogP contribution is -2.19. The van der Waals surface area contributed by atoms with E-state index in [2.05, 4.69) is 26.2 Å². The maximum Gasteiger partial charge on any atom is 0.466 e. The summed E-state index contributed by atoms with van der Waals surface area (Å²) in [5.41, 5.74) is 2.69. The van der Waals surface area contributed by atoms with E-state index < -0.39 is 10.4 Å². The van der Waals surface area contributed by atoms with Gasteiger partial charge >= 0.3 is 10.4 Å². The van der Waals surface area contributed by atoms with Crippen LogP contribution in [0.5, 0.6) is 0 Å². The van der Waals surface area contributed by atoms with Crippen molar-refractivity contribution in [2.24, 2.45) is 5.16 Å². The third kappa shape index (κ3) is 3.05. The number of rotatable bonds is 3. The van der Waals surface area contributed by atoms with Gasteiger partial charge < -0.3 is 4.57 Å². The molecule has 2 aliphatic rings. The predicted molar refractivity (Wildman–Crippen MR) is 94.3 cm³/mol. The lowest BCUT2D eigenvalue weighted by atomic mass is 9.93. The topological polar surface area (TPSA) is 93.8 Å². The summed E-state index contributed by atoms with van der Waals surface area (Å²) >= 11 is 6.33. The first-order chi connectivity index (χ1) is 11.9. The average molecular weight is 382 g/mol. The Balaban J connectivity index is 1.86. The zero-order chi connectivity index (χ0) is 17.6. The number of benzene rings is 1. The van der Waals surface area contributed by atoms with E-state index in [0.29, 0.717) is 35.1 Å². The largest absolute Gasteiger partial charge is 0.466 e. The van der Waals surface area contributed by atoms with Gasteiger partial charge in [0.25, 0.3) is 0 Å². The van der Waals surface area contributed by atoms with Crippen LogP contribution < -0.4 is 0 Å². The van der Waals surface area contributed by atoms with Gasteiger partial charge in [-0.05, 0) is 31.4 Å². The van der Waals surface area contributed by atoms with Crippen LogP contribution in [0.2, 0.25) is 5.02 Å². The number of halogens is 1. The highest BCUT2D eigenvalue weighted by molar-refractivity contribution is 7.80. The lowest BCUT2D eigenvalue weighted by Gasteiger charge is -2.22. The van der Waals surface area contributed by atoms with Crippen LogP contribution in [-0.4, -0.2) is 28.2 Å². The van der Waals surface area contributed by atoms with Crippen molar-refractivity contribution in [3.05, 3.63) is 40.7 Å². The van der Waals surface area contributed by atoms with Crippen molar-refractivity contribution in [1.82, 2.24) is 9.55 Å². The molecule has 0 fully saturated rings. The van der Waals surface area contributed by atoms with Gasteiger partial charge in [0.2, 0.25) is 0 Å². The Labute approximate surface area is 149 Å². The number of aromatic nitrogens is 2. The van der Waals surface area contributed by atoms with E-state index in [9.17, 15) is 8.42 Å². The molecule has 1 aromatic heterocycles. The molecule has 1 N–H and O–H groups in total. The van der Waals surface area contributed by atoms with Crippen LogP contribution in [-0.2, 0) is 21.2 Å². The van der Waals surface area contributed by atoms with Gasteiger partial charge in [-0.3, -0.25) is 4.55 Å². The van der Waals surface area contributed by atoms with Gasteiger partial charge in [-0.1, -0.05) is 28.9 Å². The van der Waals surface area contributed by atoms with Crippen molar-refractivity contribution in [3.63, 3.8) is 0 Å². The molecule has 2 aromatic rings. The molecule has 7 nitrogen and oxygen atoms in total. The Morgan fingerprint density at radius 3 is 2.92 bits per heavy atom. The number of oxime groups is 1. The quantitative estimate of drug-likeness (QED) is 0.499. The minimum absolute atomic E-state index is 0.342. The molecule has 0 radical (unpaired) electrons. The molecule has 1 aliphatic heterocycles. The second kappa shape index (κ2) is 6.12. The highest BCUT2D eigenvalue weighted by Gasteiger charge is 2.28. The Morgan fingerprint density at radius 2 is 2.20 bits per heavy atom. The third-order valence-electron chi connectivity index (χ3n) is 4.63. The first-order valence-electron chi connectivity index (χ1n) is 8.01. The van der Waals surface area contributed by atoms with Crippen molar-refractivity contribution in [2.75, 3.05) is 0 Å². The molecule has 2 heterocycles. The Morgan fingerprint density at radius 1 is 1.36 bits per heavy atom. The average Bonchev–Trinajstić information content (AvgIpc) is 2.98. The van der Waals surface area contributed by atoms with E-state index in [1.165, 1.54) is 0 Å². The molecular formula is C16H16ClN3O4S. The second-order valence-corrected chi connectivity index (χ2v) is 7.60. The number of nitrogens with zero attached hydrogens (tertiary/aromatic N) is 3. The fourth-order valence-electron chi connectivity index (χ4n) is 3.56. The minimum Gasteiger partial charge on any atom is -0.327 e. The summed E-state index contributed by atoms with van der Waals surface area (Å²) in [6.07, 6.45) is 7.86. The normalized spacial score (nSPS) is 21.8. The SMILES string of the molecule is O=S(=O)(O)O/N=C1/CCn2c(C3CC=CCC3)nc3c(Cl)ccc1c32. The van der Waals surface area contributed by atoms with Crippen LogP contribution in [0.1, 0.15) is 43.0 Å². The smallest absolute Gasteiger partial charge is 0.327 e. The fourth-order valence-corrected chi connectivity index (χ4v) is 3.94. The molecule has 4 rings (SSSR count). The van der Waals surface area contributed by atoms with Crippen molar-refractivity contribution in [3.8, 4) is 0 Å². The second-order valence-electron chi connectivity index (χ2n) is 6.19. The molecule has 0 saturated heterocycles. The summed E-state index contributed by atoms with van der Waals surface area (Å²) < 4.78 is 36.7. The molecular weight excluding hydrogens is 366 g/mol. The molecule has 0 amide bonds. The van der Waals surface area contributed by atoms with Gasteiger partial charge in [0.15, 0.2) is 0 Å². The molecule has 1 atom stereocenters. The summed E-state index contributed by atoms with van der Waals surface area (Å²) in [5.74, 6) is 1.34. The molecule has 0 spiro atoms. The lowest BCUT2D eigenvalue weighted by molar-refractivity contribution is 0.281. The number of hydrogen-bond donors (Lipinski definition) is 1. The number of imidazole rings is 1. The van der Waals surface area contributed by atoms with E-state index in [0.717, 1.165) is 36.2 Å². The number of aryl methyl sites for hydroxylation is 1. The summed E-state index contributed by atoms with van der Waals surface area (Å²) in [7, 11) is -4.63. The summed E-state index contributed by atoms with van der Waals surface area (Å²) in [6.45, 7) is 0.604. The standard InChI is InChI=1S/C16H16ClN3O4S/c17-12-7-6-11-13(19-24-25(21,22)23)8-9-20-15(11)14(12)18-16(20)10-4-2-1-3-5-10/h1-2,6-7,10H,3-5,8-9H2,(H,21,22,23)/b19-13-. The Kier molecular flexibility index (Phi) is 4.05. The van der Waals surface area contributed by atoms with Crippen molar-refractivity contribution < 1.29 is 17.3 Å². The van der Waals surface area contributed by atoms with Crippen LogP contribution in [0.3, 0.4) is 0 Å². The summed E-state index contributed by atoms with van der Waals surface area (Å²) in [5, 5.41) is 4.16. The number of hydrogen-bond acceptors (Lipinski definition) is 5. The molecule has 0 bridgehead atoms. The van der Waals surface area contributed by atoms with Crippen molar-refractivity contribution in [1.29, 1.82) is 0 Å².